The van der Waals surface area contributed by atoms with Gasteiger partial charge < -0.3 is 0 Å². The molecular formula is C5H6BrIO. The molecule has 3 heteroatoms. The molecule has 0 atom stereocenters. The Morgan fingerprint density at radius 2 is 2.25 bits per heavy atom. The highest BCUT2D eigenvalue weighted by atomic mass is 127. The van der Waals surface area contributed by atoms with Gasteiger partial charge in [0.1, 0.15) is 0 Å². The van der Waals surface area contributed by atoms with Crippen LogP contribution in [0.4, 0.5) is 0 Å². The van der Waals surface area contributed by atoms with Gasteiger partial charge >= 0.3 is 0 Å². The van der Waals surface area contributed by atoms with Crippen LogP contribution in [-0.4, -0.2) is 14.5 Å². The second-order valence-electron chi connectivity index (χ2n) is 2.02. The van der Waals surface area contributed by atoms with E-state index >= 15 is 0 Å². The third kappa shape index (κ3) is 1.23. The third-order valence-corrected chi connectivity index (χ3v) is 3.50. The summed E-state index contributed by atoms with van der Waals surface area (Å²) in [4.78, 5) is 10.8. The molecule has 1 rings (SSSR count). The molecule has 8 heavy (non-hydrogen) atoms. The maximum atomic E-state index is 10.8. The van der Waals surface area contributed by atoms with Crippen molar-refractivity contribution in [2.75, 3.05) is 5.33 Å². The number of rotatable bonds is 2. The second kappa shape index (κ2) is 2.25. The van der Waals surface area contributed by atoms with Crippen LogP contribution in [-0.2, 0) is 4.79 Å². The summed E-state index contributed by atoms with van der Waals surface area (Å²) in [6.07, 6.45) is 2.16. The maximum absolute atomic E-state index is 10.8. The molecule has 1 fully saturated rings. The Morgan fingerprint density at radius 1 is 1.75 bits per heavy atom. The number of hydrogen-bond acceptors (Lipinski definition) is 1. The Morgan fingerprint density at radius 3 is 2.38 bits per heavy atom. The molecule has 1 nitrogen and oxygen atoms in total. The molecular weight excluding hydrogens is 283 g/mol. The topological polar surface area (TPSA) is 17.1 Å². The Bertz CT molecular complexity index is 120. The van der Waals surface area contributed by atoms with Gasteiger partial charge in [-0.3, -0.25) is 4.79 Å². The van der Waals surface area contributed by atoms with Gasteiger partial charge in [-0.2, -0.15) is 0 Å². The Kier molecular flexibility index (Phi) is 1.97. The number of carbonyl (C=O) groups is 1. The van der Waals surface area contributed by atoms with Crippen LogP contribution in [0.3, 0.4) is 0 Å². The lowest BCUT2D eigenvalue weighted by molar-refractivity contribution is -0.116. The van der Waals surface area contributed by atoms with E-state index in [0.717, 1.165) is 12.8 Å². The second-order valence-corrected chi connectivity index (χ2v) is 4.65. The summed E-state index contributed by atoms with van der Waals surface area (Å²) < 4.78 is 0.0429. The Balaban J connectivity index is 2.46. The zero-order valence-electron chi connectivity index (χ0n) is 4.29. The van der Waals surface area contributed by atoms with Crippen molar-refractivity contribution in [3.63, 3.8) is 0 Å². The van der Waals surface area contributed by atoms with E-state index in [1.54, 1.807) is 0 Å². The number of ketones is 1. The van der Waals surface area contributed by atoms with E-state index in [2.05, 4.69) is 38.5 Å². The number of alkyl halides is 2. The van der Waals surface area contributed by atoms with Crippen molar-refractivity contribution in [2.45, 2.75) is 16.3 Å². The standard InChI is InChI=1S/C5H6BrIO/c6-3-4(8)5(7)1-2-5/h1-3H2. The van der Waals surface area contributed by atoms with Crippen molar-refractivity contribution in [1.82, 2.24) is 0 Å². The van der Waals surface area contributed by atoms with E-state index in [1.165, 1.54) is 0 Å². The van der Waals surface area contributed by atoms with Crippen molar-refractivity contribution in [2.24, 2.45) is 0 Å². The lowest BCUT2D eigenvalue weighted by Crippen LogP contribution is -2.15. The van der Waals surface area contributed by atoms with Crippen molar-refractivity contribution in [3.8, 4) is 0 Å². The Hall–Kier alpha value is 0.880. The first-order valence-electron chi connectivity index (χ1n) is 2.47. The average molecular weight is 289 g/mol. The Labute approximate surface area is 70.5 Å². The highest BCUT2D eigenvalue weighted by Gasteiger charge is 2.45. The molecule has 0 aromatic carbocycles. The molecule has 46 valence electrons. The average Bonchev–Trinajstić information content (AvgIpc) is 2.47. The van der Waals surface area contributed by atoms with E-state index < -0.39 is 0 Å². The molecule has 0 saturated heterocycles. The number of halogens is 2. The van der Waals surface area contributed by atoms with Crippen LogP contribution in [0.5, 0.6) is 0 Å². The van der Waals surface area contributed by atoms with Gasteiger partial charge in [-0.25, -0.2) is 0 Å². The fourth-order valence-electron chi connectivity index (χ4n) is 0.508. The van der Waals surface area contributed by atoms with Gasteiger partial charge in [-0.15, -0.1) is 0 Å². The van der Waals surface area contributed by atoms with Gasteiger partial charge in [-0.05, 0) is 12.8 Å². The fourth-order valence-corrected chi connectivity index (χ4v) is 2.03. The van der Waals surface area contributed by atoms with E-state index in [9.17, 15) is 4.79 Å². The van der Waals surface area contributed by atoms with Crippen molar-refractivity contribution in [1.29, 1.82) is 0 Å². The van der Waals surface area contributed by atoms with Gasteiger partial charge in [0.05, 0.1) is 8.75 Å². The molecule has 0 spiro atoms. The zero-order valence-corrected chi connectivity index (χ0v) is 8.03. The van der Waals surface area contributed by atoms with Gasteiger partial charge in [-0.1, -0.05) is 38.5 Å². The molecule has 0 aliphatic heterocycles. The van der Waals surface area contributed by atoms with Crippen LogP contribution in [0.25, 0.3) is 0 Å². The molecule has 0 unspecified atom stereocenters. The van der Waals surface area contributed by atoms with E-state index in [1.807, 2.05) is 0 Å². The predicted octanol–water partition coefficient (Wildman–Crippen LogP) is 1.92. The van der Waals surface area contributed by atoms with E-state index in [-0.39, 0.29) is 3.42 Å². The van der Waals surface area contributed by atoms with Crippen molar-refractivity contribution < 1.29 is 4.79 Å². The monoisotopic (exact) mass is 288 g/mol. The maximum Gasteiger partial charge on any atom is 0.159 e. The smallest absolute Gasteiger partial charge is 0.159 e. The first-order valence-corrected chi connectivity index (χ1v) is 4.67. The minimum atomic E-state index is 0.0429. The largest absolute Gasteiger partial charge is 0.297 e. The minimum Gasteiger partial charge on any atom is -0.297 e. The van der Waals surface area contributed by atoms with Gasteiger partial charge in [0, 0.05) is 0 Å². The molecule has 0 radical (unpaired) electrons. The van der Waals surface area contributed by atoms with E-state index in [0.29, 0.717) is 11.1 Å². The lowest BCUT2D eigenvalue weighted by atomic mass is 10.3. The predicted molar refractivity (Wildman–Crippen MR) is 44.8 cm³/mol. The molecule has 1 aliphatic carbocycles. The highest BCUT2D eigenvalue weighted by Crippen LogP contribution is 2.45. The summed E-state index contributed by atoms with van der Waals surface area (Å²) in [5.41, 5.74) is 0. The third-order valence-electron chi connectivity index (χ3n) is 1.31. The molecule has 0 heterocycles. The van der Waals surface area contributed by atoms with Crippen LogP contribution in [0, 0.1) is 0 Å². The minimum absolute atomic E-state index is 0.0429. The van der Waals surface area contributed by atoms with Crippen LogP contribution in [0.2, 0.25) is 0 Å². The summed E-state index contributed by atoms with van der Waals surface area (Å²) in [6, 6.07) is 0. The molecule has 1 saturated carbocycles. The summed E-state index contributed by atoms with van der Waals surface area (Å²) in [5.74, 6) is 0.345. The zero-order chi connectivity index (χ0) is 6.20. The molecule has 0 aromatic heterocycles. The normalized spacial score (nSPS) is 22.8. The number of hydrogen-bond donors (Lipinski definition) is 0. The van der Waals surface area contributed by atoms with Gasteiger partial charge in [0.25, 0.3) is 0 Å². The fraction of sp³-hybridized carbons (Fsp3) is 0.800. The quantitative estimate of drug-likeness (QED) is 0.560. The van der Waals surface area contributed by atoms with E-state index in [4.69, 9.17) is 0 Å². The number of carbonyl (C=O) groups excluding carboxylic acids is 1. The SMILES string of the molecule is O=C(CBr)C1(I)CC1. The summed E-state index contributed by atoms with van der Waals surface area (Å²) in [6.45, 7) is 0. The summed E-state index contributed by atoms with van der Waals surface area (Å²) >= 11 is 5.37. The molecule has 0 amide bonds. The molecule has 0 aromatic rings. The van der Waals surface area contributed by atoms with Crippen LogP contribution < -0.4 is 0 Å². The molecule has 1 aliphatic rings. The molecule has 0 N–H and O–H groups in total. The number of Topliss-reactive ketones (excluding diaryl/α,β-unsaturated/α-hetero) is 1. The van der Waals surface area contributed by atoms with Gasteiger partial charge in [0.2, 0.25) is 0 Å². The lowest BCUT2D eigenvalue weighted by Gasteiger charge is -1.97. The van der Waals surface area contributed by atoms with Gasteiger partial charge in [0.15, 0.2) is 5.78 Å². The molecule has 0 bridgehead atoms. The first kappa shape index (κ1) is 6.99. The summed E-state index contributed by atoms with van der Waals surface area (Å²) in [7, 11) is 0. The highest BCUT2D eigenvalue weighted by molar-refractivity contribution is 14.1. The first-order chi connectivity index (χ1) is 3.69. The van der Waals surface area contributed by atoms with Crippen molar-refractivity contribution in [3.05, 3.63) is 0 Å². The van der Waals surface area contributed by atoms with Crippen LogP contribution in [0.1, 0.15) is 12.8 Å². The van der Waals surface area contributed by atoms with Crippen LogP contribution in [0.15, 0.2) is 0 Å². The van der Waals surface area contributed by atoms with Crippen LogP contribution >= 0.6 is 38.5 Å². The van der Waals surface area contributed by atoms with Crippen molar-refractivity contribution >= 4 is 44.3 Å². The summed E-state index contributed by atoms with van der Waals surface area (Å²) in [5, 5.41) is 0.524.